The Bertz CT molecular complexity index is 2940. The van der Waals surface area contributed by atoms with E-state index >= 15 is 0 Å². The molecule has 0 bridgehead atoms. The first kappa shape index (κ1) is 32.4. The van der Waals surface area contributed by atoms with Crippen LogP contribution in [0.3, 0.4) is 0 Å². The molecule has 0 N–H and O–H groups in total. The second-order valence-corrected chi connectivity index (χ2v) is 14.1. The highest BCUT2D eigenvalue weighted by molar-refractivity contribution is 6.14. The third-order valence-corrected chi connectivity index (χ3v) is 10.9. The van der Waals surface area contributed by atoms with Gasteiger partial charge in [0.2, 0.25) is 0 Å². The maximum Gasteiger partial charge on any atom is 0.0546 e. The number of benzene rings is 10. The molecular formula is C54H37N. The third kappa shape index (κ3) is 5.93. The van der Waals surface area contributed by atoms with Gasteiger partial charge in [0.1, 0.15) is 0 Å². The van der Waals surface area contributed by atoms with E-state index in [1.165, 1.54) is 76.8 Å². The van der Waals surface area contributed by atoms with E-state index in [1.54, 1.807) is 0 Å². The summed E-state index contributed by atoms with van der Waals surface area (Å²) in [4.78, 5) is 2.42. The summed E-state index contributed by atoms with van der Waals surface area (Å²) in [6, 6.07) is 81.4. The van der Waals surface area contributed by atoms with Gasteiger partial charge in [0, 0.05) is 16.9 Å². The Balaban J connectivity index is 1.16. The fraction of sp³-hybridized carbons (Fsp3) is 0. The van der Waals surface area contributed by atoms with Gasteiger partial charge in [0.15, 0.2) is 0 Å². The van der Waals surface area contributed by atoms with Crippen molar-refractivity contribution in [2.75, 3.05) is 4.90 Å². The fourth-order valence-electron chi connectivity index (χ4n) is 8.27. The second-order valence-electron chi connectivity index (χ2n) is 14.1. The third-order valence-electron chi connectivity index (χ3n) is 10.9. The van der Waals surface area contributed by atoms with Crippen LogP contribution in [0.15, 0.2) is 224 Å². The maximum atomic E-state index is 2.42. The lowest BCUT2D eigenvalue weighted by Gasteiger charge is -2.29. The SMILES string of the molecule is c1ccc(-c2cccc(N(c3ccc(-c4cccc5ccccc45)cc3)c3ccc(-c4cc5ccccc5c5ccccc45)cc3)c2-c2ccccc2)cc1. The van der Waals surface area contributed by atoms with Crippen molar-refractivity contribution in [3.8, 4) is 44.5 Å². The number of anilines is 3. The quantitative estimate of drug-likeness (QED) is 0.150. The molecule has 0 aliphatic rings. The number of rotatable bonds is 7. The zero-order valence-corrected chi connectivity index (χ0v) is 30.3. The first-order chi connectivity index (χ1) is 27.3. The molecule has 0 saturated carbocycles. The summed E-state index contributed by atoms with van der Waals surface area (Å²) in [6.45, 7) is 0. The molecule has 10 aromatic carbocycles. The van der Waals surface area contributed by atoms with Crippen LogP contribution in [0.1, 0.15) is 0 Å². The summed E-state index contributed by atoms with van der Waals surface area (Å²) < 4.78 is 0. The number of hydrogen-bond donors (Lipinski definition) is 0. The van der Waals surface area contributed by atoms with Gasteiger partial charge in [-0.3, -0.25) is 0 Å². The molecule has 10 rings (SSSR count). The zero-order chi connectivity index (χ0) is 36.6. The normalized spacial score (nSPS) is 11.3. The summed E-state index contributed by atoms with van der Waals surface area (Å²) in [5, 5.41) is 7.57. The van der Waals surface area contributed by atoms with Gasteiger partial charge in [-0.25, -0.2) is 0 Å². The lowest BCUT2D eigenvalue weighted by atomic mass is 9.91. The van der Waals surface area contributed by atoms with Crippen LogP contribution in [-0.2, 0) is 0 Å². The molecule has 0 heterocycles. The van der Waals surface area contributed by atoms with E-state index < -0.39 is 0 Å². The van der Waals surface area contributed by atoms with Crippen LogP contribution >= 0.6 is 0 Å². The number of fused-ring (bicyclic) bond motifs is 4. The Labute approximate surface area is 322 Å². The average molecular weight is 700 g/mol. The molecule has 0 spiro atoms. The van der Waals surface area contributed by atoms with Gasteiger partial charge < -0.3 is 4.90 Å². The van der Waals surface area contributed by atoms with Crippen LogP contribution in [0.2, 0.25) is 0 Å². The monoisotopic (exact) mass is 699 g/mol. The Morgan fingerprint density at radius 2 is 0.727 bits per heavy atom. The van der Waals surface area contributed by atoms with Crippen molar-refractivity contribution < 1.29 is 0 Å². The van der Waals surface area contributed by atoms with Crippen molar-refractivity contribution in [1.82, 2.24) is 0 Å². The minimum atomic E-state index is 1.09. The molecule has 0 atom stereocenters. The predicted molar refractivity (Wildman–Crippen MR) is 235 cm³/mol. The molecule has 0 radical (unpaired) electrons. The van der Waals surface area contributed by atoms with E-state index in [2.05, 4.69) is 229 Å². The minimum absolute atomic E-state index is 1.09. The van der Waals surface area contributed by atoms with Gasteiger partial charge in [-0.05, 0) is 108 Å². The molecule has 10 aromatic rings. The van der Waals surface area contributed by atoms with E-state index in [1.807, 2.05) is 0 Å². The highest BCUT2D eigenvalue weighted by Crippen LogP contribution is 2.46. The van der Waals surface area contributed by atoms with Crippen LogP contribution in [0, 0.1) is 0 Å². The van der Waals surface area contributed by atoms with Crippen LogP contribution in [0.4, 0.5) is 17.1 Å². The van der Waals surface area contributed by atoms with E-state index in [-0.39, 0.29) is 0 Å². The molecular weight excluding hydrogens is 663 g/mol. The molecule has 258 valence electrons. The summed E-state index contributed by atoms with van der Waals surface area (Å²) in [5.74, 6) is 0. The van der Waals surface area contributed by atoms with E-state index in [9.17, 15) is 0 Å². The molecule has 0 fully saturated rings. The first-order valence-corrected chi connectivity index (χ1v) is 18.9. The standard InChI is InChI=1S/C54H37N/c1-3-15-39(16-4-1)49-27-14-28-53(54(49)42-18-5-2-6-19-42)55(44-33-29-40(30-34-44)47-26-13-21-38-17-7-9-22-46(38)47)45-35-31-41(32-36-45)52-37-43-20-8-10-23-48(43)50-24-11-12-25-51(50)52/h1-37H. The van der Waals surface area contributed by atoms with Crippen LogP contribution in [0.5, 0.6) is 0 Å². The topological polar surface area (TPSA) is 3.24 Å². The Hall–Kier alpha value is -7.22. The minimum Gasteiger partial charge on any atom is -0.310 e. The second kappa shape index (κ2) is 14.0. The first-order valence-electron chi connectivity index (χ1n) is 18.9. The molecule has 55 heavy (non-hydrogen) atoms. The van der Waals surface area contributed by atoms with Gasteiger partial charge in [0.25, 0.3) is 0 Å². The van der Waals surface area contributed by atoms with E-state index in [0.29, 0.717) is 0 Å². The smallest absolute Gasteiger partial charge is 0.0546 e. The van der Waals surface area contributed by atoms with Crippen molar-refractivity contribution >= 4 is 49.4 Å². The molecule has 0 saturated heterocycles. The Morgan fingerprint density at radius 1 is 0.255 bits per heavy atom. The lowest BCUT2D eigenvalue weighted by molar-refractivity contribution is 1.28. The van der Waals surface area contributed by atoms with Gasteiger partial charge in [-0.2, -0.15) is 0 Å². The van der Waals surface area contributed by atoms with Crippen molar-refractivity contribution in [1.29, 1.82) is 0 Å². The Kier molecular flexibility index (Phi) is 8.24. The molecule has 0 unspecified atom stereocenters. The maximum absolute atomic E-state index is 2.42. The number of hydrogen-bond acceptors (Lipinski definition) is 1. The molecule has 0 aromatic heterocycles. The van der Waals surface area contributed by atoms with Gasteiger partial charge in [0.05, 0.1) is 5.69 Å². The highest BCUT2D eigenvalue weighted by Gasteiger charge is 2.21. The summed E-state index contributed by atoms with van der Waals surface area (Å²) in [5.41, 5.74) is 12.9. The summed E-state index contributed by atoms with van der Waals surface area (Å²) in [6.07, 6.45) is 0. The van der Waals surface area contributed by atoms with Crippen molar-refractivity contribution in [3.05, 3.63) is 224 Å². The van der Waals surface area contributed by atoms with Gasteiger partial charge >= 0.3 is 0 Å². The van der Waals surface area contributed by atoms with Crippen molar-refractivity contribution in [3.63, 3.8) is 0 Å². The Morgan fingerprint density at radius 3 is 1.42 bits per heavy atom. The number of nitrogens with zero attached hydrogens (tertiary/aromatic N) is 1. The van der Waals surface area contributed by atoms with Crippen LogP contribution in [0.25, 0.3) is 76.8 Å². The van der Waals surface area contributed by atoms with E-state index in [4.69, 9.17) is 0 Å². The molecule has 0 amide bonds. The fourth-order valence-corrected chi connectivity index (χ4v) is 8.27. The molecule has 0 aliphatic heterocycles. The average Bonchev–Trinajstić information content (AvgIpc) is 3.27. The largest absolute Gasteiger partial charge is 0.310 e. The van der Waals surface area contributed by atoms with Crippen LogP contribution in [-0.4, -0.2) is 0 Å². The van der Waals surface area contributed by atoms with E-state index in [0.717, 1.165) is 17.1 Å². The van der Waals surface area contributed by atoms with Crippen LogP contribution < -0.4 is 4.90 Å². The van der Waals surface area contributed by atoms with Crippen molar-refractivity contribution in [2.45, 2.75) is 0 Å². The zero-order valence-electron chi connectivity index (χ0n) is 30.3. The summed E-state index contributed by atoms with van der Waals surface area (Å²) in [7, 11) is 0. The highest BCUT2D eigenvalue weighted by atomic mass is 15.1. The molecule has 1 heteroatoms. The van der Waals surface area contributed by atoms with Gasteiger partial charge in [-0.15, -0.1) is 0 Å². The van der Waals surface area contributed by atoms with Gasteiger partial charge in [-0.1, -0.05) is 188 Å². The lowest BCUT2D eigenvalue weighted by Crippen LogP contribution is -2.11. The predicted octanol–water partition coefficient (Wildman–Crippen LogP) is 15.3. The molecule has 1 nitrogen and oxygen atoms in total. The summed E-state index contributed by atoms with van der Waals surface area (Å²) >= 11 is 0. The van der Waals surface area contributed by atoms with Crippen molar-refractivity contribution in [2.24, 2.45) is 0 Å². The molecule has 0 aliphatic carbocycles.